The first-order chi connectivity index (χ1) is 13.7. The van der Waals surface area contributed by atoms with E-state index in [1.165, 1.54) is 0 Å². The third kappa shape index (κ3) is 3.55. The Balaban J connectivity index is 1.52. The minimum atomic E-state index is -0.415. The minimum Gasteiger partial charge on any atom is -0.506 e. The summed E-state index contributed by atoms with van der Waals surface area (Å²) in [5.74, 6) is 0.189. The summed E-state index contributed by atoms with van der Waals surface area (Å²) in [4.78, 5) is 16.9. The van der Waals surface area contributed by atoms with Crippen LogP contribution in [0.15, 0.2) is 52.9 Å². The molecule has 0 saturated carbocycles. The van der Waals surface area contributed by atoms with Gasteiger partial charge in [-0.2, -0.15) is 0 Å². The Morgan fingerprint density at radius 1 is 1.07 bits per heavy atom. The predicted molar refractivity (Wildman–Crippen MR) is 108 cm³/mol. The van der Waals surface area contributed by atoms with E-state index in [2.05, 4.69) is 9.80 Å². The lowest BCUT2D eigenvalue weighted by atomic mass is 10.1. The Kier molecular flexibility index (Phi) is 5.21. The zero-order chi connectivity index (χ0) is 19.5. The van der Waals surface area contributed by atoms with Gasteiger partial charge in [0, 0.05) is 43.7 Å². The van der Waals surface area contributed by atoms with Crippen molar-refractivity contribution in [1.82, 2.24) is 4.90 Å². The fraction of sp³-hybridized carbons (Fsp3) is 0.318. The second kappa shape index (κ2) is 7.94. The van der Waals surface area contributed by atoms with Crippen molar-refractivity contribution < 1.29 is 19.1 Å². The molecule has 0 radical (unpaired) electrons. The summed E-state index contributed by atoms with van der Waals surface area (Å²) in [5, 5.41) is 11.0. The summed E-state index contributed by atoms with van der Waals surface area (Å²) >= 11 is 0. The molecule has 1 aliphatic rings. The van der Waals surface area contributed by atoms with E-state index < -0.39 is 5.97 Å². The number of carbonyl (C=O) groups is 1. The van der Waals surface area contributed by atoms with Gasteiger partial charge in [0.15, 0.2) is 0 Å². The third-order valence-corrected chi connectivity index (χ3v) is 5.14. The predicted octanol–water partition coefficient (Wildman–Crippen LogP) is 3.64. The molecule has 2 heterocycles. The zero-order valence-corrected chi connectivity index (χ0v) is 15.9. The van der Waals surface area contributed by atoms with Gasteiger partial charge in [0.1, 0.15) is 11.3 Å². The number of nitrogens with zero attached hydrogens (tertiary/aromatic N) is 2. The molecular weight excluding hydrogens is 356 g/mol. The Morgan fingerprint density at radius 3 is 2.54 bits per heavy atom. The number of rotatable bonds is 5. The van der Waals surface area contributed by atoms with Gasteiger partial charge in [-0.3, -0.25) is 4.90 Å². The zero-order valence-electron chi connectivity index (χ0n) is 15.9. The van der Waals surface area contributed by atoms with E-state index in [4.69, 9.17) is 9.15 Å². The highest BCUT2D eigenvalue weighted by Crippen LogP contribution is 2.30. The summed E-state index contributed by atoms with van der Waals surface area (Å²) in [6, 6.07) is 15.1. The molecule has 146 valence electrons. The number of hydrogen-bond acceptors (Lipinski definition) is 6. The van der Waals surface area contributed by atoms with E-state index >= 15 is 0 Å². The van der Waals surface area contributed by atoms with E-state index in [9.17, 15) is 9.90 Å². The highest BCUT2D eigenvalue weighted by Gasteiger charge is 2.25. The average Bonchev–Trinajstić information content (AvgIpc) is 3.08. The molecule has 2 aromatic carbocycles. The lowest BCUT2D eigenvalue weighted by Crippen LogP contribution is -2.46. The van der Waals surface area contributed by atoms with Gasteiger partial charge in [0.05, 0.1) is 12.3 Å². The average molecular weight is 380 g/mol. The molecule has 0 aliphatic carbocycles. The van der Waals surface area contributed by atoms with Crippen LogP contribution in [0, 0.1) is 0 Å². The molecular formula is C22H24N2O4. The second-order valence-corrected chi connectivity index (χ2v) is 6.88. The van der Waals surface area contributed by atoms with Crippen molar-refractivity contribution in [3.63, 3.8) is 0 Å². The lowest BCUT2D eigenvalue weighted by molar-refractivity contribution is 0.0489. The first kappa shape index (κ1) is 18.4. The van der Waals surface area contributed by atoms with E-state index in [0.717, 1.165) is 42.8 Å². The third-order valence-electron chi connectivity index (χ3n) is 5.14. The largest absolute Gasteiger partial charge is 0.506 e. The molecule has 0 spiro atoms. The number of aromatic hydroxyl groups is 1. The molecule has 1 aromatic heterocycles. The molecule has 6 heteroatoms. The number of carbonyl (C=O) groups excluding carboxylic acids is 1. The van der Waals surface area contributed by atoms with Crippen molar-refractivity contribution in [3.05, 3.63) is 59.9 Å². The normalized spacial score (nSPS) is 15.1. The maximum Gasteiger partial charge on any atom is 0.374 e. The van der Waals surface area contributed by atoms with Gasteiger partial charge in [-0.1, -0.05) is 30.3 Å². The highest BCUT2D eigenvalue weighted by atomic mass is 16.5. The van der Waals surface area contributed by atoms with Gasteiger partial charge in [-0.05, 0) is 25.1 Å². The first-order valence-electron chi connectivity index (χ1n) is 9.60. The van der Waals surface area contributed by atoms with Gasteiger partial charge in [0.2, 0.25) is 5.76 Å². The minimum absolute atomic E-state index is 0.297. The van der Waals surface area contributed by atoms with Crippen molar-refractivity contribution in [1.29, 1.82) is 0 Å². The molecule has 1 saturated heterocycles. The SMILES string of the molecule is CCOC(=O)c1oc2ccccc2c1CN1CCN(c2ccccc2O)CC1. The Hall–Kier alpha value is -2.99. The highest BCUT2D eigenvalue weighted by molar-refractivity contribution is 5.96. The number of para-hydroxylation sites is 3. The monoisotopic (exact) mass is 380 g/mol. The molecule has 3 aromatic rings. The second-order valence-electron chi connectivity index (χ2n) is 6.88. The van der Waals surface area contributed by atoms with Crippen LogP contribution in [0.3, 0.4) is 0 Å². The number of phenolic OH excluding ortho intramolecular Hbond substituents is 1. The van der Waals surface area contributed by atoms with Gasteiger partial charge in [-0.25, -0.2) is 4.79 Å². The van der Waals surface area contributed by atoms with E-state index in [1.54, 1.807) is 13.0 Å². The van der Waals surface area contributed by atoms with Crippen molar-refractivity contribution in [2.45, 2.75) is 13.5 Å². The number of fused-ring (bicyclic) bond motifs is 1. The number of benzene rings is 2. The van der Waals surface area contributed by atoms with Crippen molar-refractivity contribution in [2.24, 2.45) is 0 Å². The van der Waals surface area contributed by atoms with Crippen LogP contribution in [0.1, 0.15) is 23.0 Å². The summed E-state index contributed by atoms with van der Waals surface area (Å²) in [6.45, 7) is 6.00. The summed E-state index contributed by atoms with van der Waals surface area (Å²) in [5.41, 5.74) is 2.45. The molecule has 0 amide bonds. The number of piperazine rings is 1. The number of furan rings is 1. The fourth-order valence-corrected chi connectivity index (χ4v) is 3.72. The number of esters is 1. The van der Waals surface area contributed by atoms with Crippen molar-refractivity contribution in [3.8, 4) is 5.75 Å². The molecule has 4 rings (SSSR count). The molecule has 6 nitrogen and oxygen atoms in total. The maximum absolute atomic E-state index is 12.4. The lowest BCUT2D eigenvalue weighted by Gasteiger charge is -2.36. The number of phenols is 1. The van der Waals surface area contributed by atoms with Gasteiger partial charge >= 0.3 is 5.97 Å². The first-order valence-corrected chi connectivity index (χ1v) is 9.60. The van der Waals surface area contributed by atoms with Crippen LogP contribution in [0.2, 0.25) is 0 Å². The molecule has 0 bridgehead atoms. The number of anilines is 1. The Morgan fingerprint density at radius 2 is 1.79 bits per heavy atom. The van der Waals surface area contributed by atoms with Crippen LogP contribution in [-0.2, 0) is 11.3 Å². The van der Waals surface area contributed by atoms with Crippen LogP contribution < -0.4 is 4.90 Å². The van der Waals surface area contributed by atoms with Crippen LogP contribution in [0.5, 0.6) is 5.75 Å². The summed E-state index contributed by atoms with van der Waals surface area (Å²) in [7, 11) is 0. The molecule has 28 heavy (non-hydrogen) atoms. The van der Waals surface area contributed by atoms with Gasteiger partial charge < -0.3 is 19.2 Å². The topological polar surface area (TPSA) is 66.2 Å². The van der Waals surface area contributed by atoms with Gasteiger partial charge in [-0.15, -0.1) is 0 Å². The summed E-state index contributed by atoms with van der Waals surface area (Å²) < 4.78 is 11.0. The molecule has 1 N–H and O–H groups in total. The van der Waals surface area contributed by atoms with Crippen LogP contribution >= 0.6 is 0 Å². The van der Waals surface area contributed by atoms with Crippen LogP contribution in [0.25, 0.3) is 11.0 Å². The van der Waals surface area contributed by atoms with Gasteiger partial charge in [0.25, 0.3) is 0 Å². The fourth-order valence-electron chi connectivity index (χ4n) is 3.72. The molecule has 0 unspecified atom stereocenters. The Labute approximate surface area is 163 Å². The molecule has 0 atom stereocenters. The summed E-state index contributed by atoms with van der Waals surface area (Å²) in [6.07, 6.45) is 0. The molecule has 1 aliphatic heterocycles. The van der Waals surface area contributed by atoms with E-state index in [-0.39, 0.29) is 0 Å². The number of ether oxygens (including phenoxy) is 1. The van der Waals surface area contributed by atoms with Crippen LogP contribution in [-0.4, -0.2) is 48.8 Å². The standard InChI is InChI=1S/C22H24N2O4/c1-2-27-22(26)21-17(16-7-3-6-10-20(16)28-21)15-23-11-13-24(14-12-23)18-8-4-5-9-19(18)25/h3-10,25H,2,11-15H2,1H3. The van der Waals surface area contributed by atoms with E-state index in [1.807, 2.05) is 42.5 Å². The quantitative estimate of drug-likeness (QED) is 0.682. The van der Waals surface area contributed by atoms with Crippen molar-refractivity contribution >= 4 is 22.6 Å². The van der Waals surface area contributed by atoms with Crippen LogP contribution in [0.4, 0.5) is 5.69 Å². The van der Waals surface area contributed by atoms with E-state index in [0.29, 0.717) is 30.2 Å². The molecule has 1 fully saturated rings. The van der Waals surface area contributed by atoms with Crippen molar-refractivity contribution in [2.75, 3.05) is 37.7 Å². The smallest absolute Gasteiger partial charge is 0.374 e. The maximum atomic E-state index is 12.4. The Bertz CT molecular complexity index is 974. The number of hydrogen-bond donors (Lipinski definition) is 1.